The van der Waals surface area contributed by atoms with Crippen LogP contribution in [0.25, 0.3) is 11.2 Å². The van der Waals surface area contributed by atoms with E-state index in [9.17, 15) is 49.2 Å². The Hall–Kier alpha value is -2.02. The molecule has 3 aromatic heterocycles. The molecule has 2 fully saturated rings. The summed E-state index contributed by atoms with van der Waals surface area (Å²) >= 11 is 0. The first kappa shape index (κ1) is 35.3. The van der Waals surface area contributed by atoms with Crippen LogP contribution in [0.5, 0.6) is 0 Å². The van der Waals surface area contributed by atoms with Crippen molar-refractivity contribution in [3.63, 3.8) is 0 Å². The van der Waals surface area contributed by atoms with Crippen LogP contribution in [-0.4, -0.2) is 111 Å². The number of hydrogen-bond acceptors (Lipinski definition) is 21. The number of rotatable bonds is 12. The third-order valence-corrected chi connectivity index (χ3v) is 11.4. The zero-order valence-corrected chi connectivity index (χ0v) is 26.3. The van der Waals surface area contributed by atoms with E-state index in [-0.39, 0.29) is 22.9 Å². The van der Waals surface area contributed by atoms with Gasteiger partial charge in [-0.05, 0) is 22.9 Å². The van der Waals surface area contributed by atoms with E-state index in [4.69, 9.17) is 15.2 Å². The van der Waals surface area contributed by atoms with E-state index in [1.807, 2.05) is 0 Å². The number of hydrogen-bond donors (Lipinski definition) is 7. The zero-order valence-electron chi connectivity index (χ0n) is 22.9. The Bertz CT molecular complexity index is 1670. The molecule has 3 aromatic rings. The number of aromatic amines is 1. The van der Waals surface area contributed by atoms with E-state index in [1.165, 1.54) is 10.8 Å². The minimum atomic E-state index is -5.91. The van der Waals surface area contributed by atoms with Gasteiger partial charge >= 0.3 is 0 Å². The number of imidazole rings is 1. The lowest BCUT2D eigenvalue weighted by atomic mass is 10.0. The number of fused-ring (bicyclic) bond motifs is 1. The Morgan fingerprint density at radius 1 is 1.00 bits per heavy atom. The first-order chi connectivity index (χ1) is 21.7. The Balaban J connectivity index is 1.17. The predicted octanol–water partition coefficient (Wildman–Crippen LogP) is -3.05. The minimum Gasteiger partial charge on any atom is -0.756 e. The fourth-order valence-electron chi connectivity index (χ4n) is 4.38. The van der Waals surface area contributed by atoms with Gasteiger partial charge in [0.05, 0.1) is 19.0 Å². The van der Waals surface area contributed by atoms with Crippen LogP contribution in [0.3, 0.4) is 0 Å². The summed E-state index contributed by atoms with van der Waals surface area (Å²) in [6.45, 7) is -1.07. The molecular weight excluding hydrogens is 702 g/mol. The molecule has 46 heavy (non-hydrogen) atoms. The number of ether oxygens (including phenoxy) is 2. The van der Waals surface area contributed by atoms with Crippen molar-refractivity contribution < 1.29 is 67.3 Å². The van der Waals surface area contributed by atoms with Gasteiger partial charge in [0.25, 0.3) is 21.2 Å². The van der Waals surface area contributed by atoms with Gasteiger partial charge in [0.1, 0.15) is 41.6 Å². The number of phosphoric ester groups is 2. The van der Waals surface area contributed by atoms with Gasteiger partial charge in [-0.2, -0.15) is 4.98 Å². The summed E-state index contributed by atoms with van der Waals surface area (Å²) in [5.41, 5.74) is 4.54. The maximum atomic E-state index is 12.5. The second-order valence-corrected chi connectivity index (χ2v) is 15.0. The number of aromatic nitrogens is 5. The van der Waals surface area contributed by atoms with Crippen LogP contribution in [0.4, 0.5) is 5.95 Å². The number of aliphatic hydroxyl groups is 5. The molecule has 2 saturated heterocycles. The lowest BCUT2D eigenvalue weighted by Gasteiger charge is -2.42. The van der Waals surface area contributed by atoms with Crippen LogP contribution >= 0.6 is 37.2 Å². The van der Waals surface area contributed by atoms with Crippen LogP contribution in [0.1, 0.15) is 6.23 Å². The number of H-pyrrole nitrogens is 1. The average molecular weight is 729 g/mol. The van der Waals surface area contributed by atoms with Crippen molar-refractivity contribution in [3.8, 4) is 0 Å². The van der Waals surface area contributed by atoms with Crippen molar-refractivity contribution in [1.82, 2.24) is 24.5 Å². The largest absolute Gasteiger partial charge is 0.756 e. The molecular formula is C21H26N6O15P2S2-2. The molecule has 0 bridgehead atoms. The van der Waals surface area contributed by atoms with Crippen LogP contribution < -0.4 is 21.1 Å². The van der Waals surface area contributed by atoms with Crippen molar-refractivity contribution in [2.45, 2.75) is 60.3 Å². The number of anilines is 1. The van der Waals surface area contributed by atoms with Gasteiger partial charge in [0.2, 0.25) is 5.95 Å². The summed E-state index contributed by atoms with van der Waals surface area (Å²) in [6.07, 6.45) is -13.2. The minimum absolute atomic E-state index is 0.0510. The highest BCUT2D eigenvalue weighted by molar-refractivity contribution is 8.76. The molecule has 25 heteroatoms. The van der Waals surface area contributed by atoms with Crippen molar-refractivity contribution in [1.29, 1.82) is 0 Å². The summed E-state index contributed by atoms with van der Waals surface area (Å²) < 4.78 is 49.8. The number of nitrogens with one attached hydrogen (secondary N) is 1. The standard InChI is InChI=1S/C21H28N6O15P2S2/c22-21-25-17-11(18(33)26-21)24-7-27(17)19-15(31)12(28)8(39-19)5-38-43(34,35)42-44(36,37)41-20-16(32)14(30)13(29)9(40-20)6-45-46-10-3-1-2-4-23-10/h1-4,7-9,12-16,19-20,28-32H,5-6H2,(H,34,35)(H,36,37)(H3,22,25,26,33)/p-2. The maximum Gasteiger partial charge on any atom is 0.280 e. The first-order valence-electron chi connectivity index (χ1n) is 13.0. The quantitative estimate of drug-likeness (QED) is 0.0719. The molecule has 5 rings (SSSR count). The molecule has 11 atom stereocenters. The summed E-state index contributed by atoms with van der Waals surface area (Å²) in [5.74, 6) is -0.336. The second-order valence-electron chi connectivity index (χ2n) is 9.75. The van der Waals surface area contributed by atoms with Crippen LogP contribution in [0, 0.1) is 0 Å². The third-order valence-electron chi connectivity index (χ3n) is 6.57. The zero-order chi connectivity index (χ0) is 33.4. The van der Waals surface area contributed by atoms with Gasteiger partial charge in [-0.3, -0.25) is 28.0 Å². The lowest BCUT2D eigenvalue weighted by molar-refractivity contribution is -0.298. The highest BCUT2D eigenvalue weighted by atomic mass is 33.1. The molecule has 0 aromatic carbocycles. The average Bonchev–Trinajstić information content (AvgIpc) is 3.53. The molecule has 5 heterocycles. The maximum absolute atomic E-state index is 12.5. The Morgan fingerprint density at radius 3 is 2.46 bits per heavy atom. The van der Waals surface area contributed by atoms with E-state index < -0.39 is 83.1 Å². The highest BCUT2D eigenvalue weighted by Crippen LogP contribution is 2.57. The van der Waals surface area contributed by atoms with E-state index in [0.29, 0.717) is 5.03 Å². The van der Waals surface area contributed by atoms with Crippen LogP contribution in [-0.2, 0) is 32.0 Å². The van der Waals surface area contributed by atoms with Gasteiger partial charge < -0.3 is 55.1 Å². The summed E-state index contributed by atoms with van der Waals surface area (Å²) in [6, 6.07) is 5.14. The van der Waals surface area contributed by atoms with Gasteiger partial charge in [0, 0.05) is 11.9 Å². The normalized spacial score (nSPS) is 32.7. The van der Waals surface area contributed by atoms with Gasteiger partial charge in [0.15, 0.2) is 23.7 Å². The Labute approximate surface area is 265 Å². The molecule has 8 N–H and O–H groups in total. The first-order valence-corrected chi connectivity index (χ1v) is 18.2. The monoisotopic (exact) mass is 728 g/mol. The molecule has 254 valence electrons. The van der Waals surface area contributed by atoms with Crippen molar-refractivity contribution >= 4 is 54.3 Å². The van der Waals surface area contributed by atoms with E-state index in [2.05, 4.69) is 33.3 Å². The van der Waals surface area contributed by atoms with Crippen LogP contribution in [0.15, 0.2) is 40.5 Å². The topological polar surface area (TPSA) is 330 Å². The smallest absolute Gasteiger partial charge is 0.280 e. The summed E-state index contributed by atoms with van der Waals surface area (Å²) in [5, 5.41) is 52.2. The fourth-order valence-corrected chi connectivity index (χ4v) is 8.56. The number of pyridine rings is 1. The highest BCUT2D eigenvalue weighted by Gasteiger charge is 2.47. The van der Waals surface area contributed by atoms with Crippen molar-refractivity contribution in [2.75, 3.05) is 18.1 Å². The molecule has 0 saturated carbocycles. The fraction of sp³-hybridized carbons (Fsp3) is 0.524. The molecule has 11 unspecified atom stereocenters. The van der Waals surface area contributed by atoms with Crippen molar-refractivity contribution in [2.24, 2.45) is 0 Å². The predicted molar refractivity (Wildman–Crippen MR) is 151 cm³/mol. The lowest BCUT2D eigenvalue weighted by Crippen LogP contribution is -2.58. The van der Waals surface area contributed by atoms with Gasteiger partial charge in [-0.15, -0.1) is 0 Å². The summed E-state index contributed by atoms with van der Waals surface area (Å²) in [4.78, 5) is 50.9. The molecule has 0 spiro atoms. The van der Waals surface area contributed by atoms with E-state index in [1.54, 1.807) is 24.4 Å². The summed E-state index contributed by atoms with van der Waals surface area (Å²) in [7, 11) is -9.42. The molecule has 2 aliphatic rings. The van der Waals surface area contributed by atoms with Crippen molar-refractivity contribution in [3.05, 3.63) is 41.1 Å². The van der Waals surface area contributed by atoms with E-state index >= 15 is 0 Å². The third kappa shape index (κ3) is 7.98. The molecule has 2 aliphatic heterocycles. The van der Waals surface area contributed by atoms with Gasteiger partial charge in [-0.25, -0.2) is 14.3 Å². The van der Waals surface area contributed by atoms with Crippen LogP contribution in [0.2, 0.25) is 0 Å². The van der Waals surface area contributed by atoms with Gasteiger partial charge in [-0.1, -0.05) is 16.9 Å². The SMILES string of the molecule is Nc1nc2c(ncn2C2OC(COP(=O)([O-])OP(=O)([O-])OC3OC(CSSc4ccccn4)C(O)C(O)C3O)C(O)C2O)c(=O)[nH]1. The number of nitrogens with zero attached hydrogens (tertiary/aromatic N) is 4. The number of phosphoric acid groups is 2. The molecule has 0 aliphatic carbocycles. The molecule has 21 nitrogen and oxygen atoms in total. The van der Waals surface area contributed by atoms with E-state index in [0.717, 1.165) is 21.7 Å². The molecule has 0 amide bonds. The number of aliphatic hydroxyl groups excluding tert-OH is 5. The molecule has 0 radical (unpaired) electrons. The number of nitrogen functional groups attached to an aromatic ring is 1. The second kappa shape index (κ2) is 14.2. The Morgan fingerprint density at radius 2 is 1.74 bits per heavy atom. The number of nitrogens with two attached hydrogens (primary N) is 1. The Kier molecular flexibility index (Phi) is 10.9.